The Labute approximate surface area is 135 Å². The Kier molecular flexibility index (Phi) is 5.07. The lowest BCUT2D eigenvalue weighted by atomic mass is 9.91. The topological polar surface area (TPSA) is 30.5 Å². The first kappa shape index (κ1) is 15.2. The Bertz CT molecular complexity index is 482. The predicted molar refractivity (Wildman–Crippen MR) is 88.3 cm³/mol. The highest BCUT2D eigenvalue weighted by molar-refractivity contribution is 9.10. The van der Waals surface area contributed by atoms with Gasteiger partial charge in [-0.3, -0.25) is 0 Å². The van der Waals surface area contributed by atoms with E-state index in [1.54, 1.807) is 7.11 Å². The zero-order chi connectivity index (χ0) is 14.7. The van der Waals surface area contributed by atoms with Crippen molar-refractivity contribution in [1.29, 1.82) is 0 Å². The molecule has 1 aliphatic carbocycles. The molecule has 3 nitrogen and oxygen atoms in total. The van der Waals surface area contributed by atoms with Crippen molar-refractivity contribution in [2.75, 3.05) is 20.2 Å². The van der Waals surface area contributed by atoms with E-state index in [4.69, 9.17) is 9.47 Å². The summed E-state index contributed by atoms with van der Waals surface area (Å²) < 4.78 is 12.9. The van der Waals surface area contributed by atoms with E-state index in [1.165, 1.54) is 37.7 Å². The van der Waals surface area contributed by atoms with Crippen LogP contribution in [0.5, 0.6) is 11.5 Å². The first-order valence-corrected chi connectivity index (χ1v) is 8.79. The minimum Gasteiger partial charge on any atom is -0.493 e. The van der Waals surface area contributed by atoms with Crippen LogP contribution < -0.4 is 14.8 Å². The van der Waals surface area contributed by atoms with Gasteiger partial charge in [-0.05, 0) is 75.2 Å². The average Bonchev–Trinajstić information content (AvgIpc) is 2.45. The van der Waals surface area contributed by atoms with E-state index in [2.05, 4.69) is 27.3 Å². The molecule has 0 bridgehead atoms. The van der Waals surface area contributed by atoms with Crippen molar-refractivity contribution in [3.8, 4) is 11.5 Å². The molecule has 1 aromatic carbocycles. The van der Waals surface area contributed by atoms with Gasteiger partial charge in [-0.25, -0.2) is 0 Å². The molecule has 0 radical (unpaired) electrons. The Balaban J connectivity index is 1.82. The normalized spacial score (nSPS) is 22.7. The molecule has 1 aromatic rings. The number of rotatable bonds is 5. The van der Waals surface area contributed by atoms with E-state index in [0.717, 1.165) is 35.5 Å². The molecule has 21 heavy (non-hydrogen) atoms. The number of ether oxygens (including phenoxy) is 2. The molecule has 1 saturated heterocycles. The largest absolute Gasteiger partial charge is 0.493 e. The van der Waals surface area contributed by atoms with Gasteiger partial charge < -0.3 is 14.8 Å². The number of piperidine rings is 1. The van der Waals surface area contributed by atoms with Crippen molar-refractivity contribution in [2.24, 2.45) is 5.92 Å². The second-order valence-electron chi connectivity index (χ2n) is 6.18. The minimum atomic E-state index is 0.378. The van der Waals surface area contributed by atoms with Gasteiger partial charge in [-0.2, -0.15) is 0 Å². The van der Waals surface area contributed by atoms with E-state index < -0.39 is 0 Å². The van der Waals surface area contributed by atoms with Gasteiger partial charge in [-0.15, -0.1) is 0 Å². The maximum absolute atomic E-state index is 6.23. The summed E-state index contributed by atoms with van der Waals surface area (Å²) in [7, 11) is 1.72. The van der Waals surface area contributed by atoms with Crippen LogP contribution >= 0.6 is 15.9 Å². The van der Waals surface area contributed by atoms with Crippen LogP contribution in [0.3, 0.4) is 0 Å². The molecule has 0 amide bonds. The lowest BCUT2D eigenvalue weighted by Crippen LogP contribution is -2.31. The number of methoxy groups -OCH3 is 1. The second kappa shape index (κ2) is 7.01. The van der Waals surface area contributed by atoms with E-state index in [0.29, 0.717) is 12.0 Å². The zero-order valence-electron chi connectivity index (χ0n) is 12.7. The van der Waals surface area contributed by atoms with E-state index in [1.807, 2.05) is 6.07 Å². The molecule has 3 rings (SSSR count). The SMILES string of the molecule is COc1cc(Br)cc(CC2CCCNC2)c1OC1CCC1. The standard InChI is InChI=1S/C17H24BrNO2/c1-20-16-10-14(18)9-13(8-12-4-3-7-19-11-12)17(16)21-15-5-2-6-15/h9-10,12,15,19H,2-8,11H2,1H3. The smallest absolute Gasteiger partial charge is 0.164 e. The van der Waals surface area contributed by atoms with Crippen molar-refractivity contribution in [3.63, 3.8) is 0 Å². The summed E-state index contributed by atoms with van der Waals surface area (Å²) in [5, 5.41) is 3.50. The highest BCUT2D eigenvalue weighted by Gasteiger charge is 2.24. The highest BCUT2D eigenvalue weighted by Crippen LogP contribution is 2.39. The first-order valence-electron chi connectivity index (χ1n) is 8.00. The fourth-order valence-corrected chi connectivity index (χ4v) is 3.61. The molecule has 1 N–H and O–H groups in total. The third-order valence-corrected chi connectivity index (χ3v) is 5.02. The lowest BCUT2D eigenvalue weighted by molar-refractivity contribution is 0.114. The molecular formula is C17H24BrNO2. The Morgan fingerprint density at radius 1 is 1.24 bits per heavy atom. The second-order valence-corrected chi connectivity index (χ2v) is 7.10. The molecule has 1 atom stereocenters. The molecule has 1 heterocycles. The summed E-state index contributed by atoms with van der Waals surface area (Å²) in [5.74, 6) is 2.52. The van der Waals surface area contributed by atoms with E-state index in [9.17, 15) is 0 Å². The first-order chi connectivity index (χ1) is 10.3. The molecule has 0 aromatic heterocycles. The highest BCUT2D eigenvalue weighted by atomic mass is 79.9. The summed E-state index contributed by atoms with van der Waals surface area (Å²) in [6.07, 6.45) is 7.63. The number of hydrogen-bond acceptors (Lipinski definition) is 3. The van der Waals surface area contributed by atoms with Gasteiger partial charge in [0.15, 0.2) is 11.5 Å². The van der Waals surface area contributed by atoms with Gasteiger partial charge in [0.1, 0.15) is 0 Å². The number of benzene rings is 1. The van der Waals surface area contributed by atoms with Crippen LogP contribution in [0.25, 0.3) is 0 Å². The fourth-order valence-electron chi connectivity index (χ4n) is 3.12. The predicted octanol–water partition coefficient (Wildman–Crippen LogP) is 3.93. The van der Waals surface area contributed by atoms with Crippen molar-refractivity contribution >= 4 is 15.9 Å². The molecule has 1 aliphatic heterocycles. The Morgan fingerprint density at radius 2 is 2.10 bits per heavy atom. The quantitative estimate of drug-likeness (QED) is 0.869. The van der Waals surface area contributed by atoms with Crippen molar-refractivity contribution in [3.05, 3.63) is 22.2 Å². The van der Waals surface area contributed by atoms with Crippen LogP contribution in [0.1, 0.15) is 37.7 Å². The van der Waals surface area contributed by atoms with Crippen molar-refractivity contribution in [2.45, 2.75) is 44.6 Å². The molecule has 2 aliphatic rings. The third kappa shape index (κ3) is 3.72. The number of nitrogens with one attached hydrogen (secondary N) is 1. The van der Waals surface area contributed by atoms with Crippen molar-refractivity contribution < 1.29 is 9.47 Å². The summed E-state index contributed by atoms with van der Waals surface area (Å²) in [5.41, 5.74) is 1.28. The van der Waals surface area contributed by atoms with E-state index >= 15 is 0 Å². The molecular weight excluding hydrogens is 330 g/mol. The summed E-state index contributed by atoms with van der Waals surface area (Å²) >= 11 is 3.60. The third-order valence-electron chi connectivity index (χ3n) is 4.56. The minimum absolute atomic E-state index is 0.378. The van der Waals surface area contributed by atoms with Crippen LogP contribution in [0.2, 0.25) is 0 Å². The summed E-state index contributed by atoms with van der Waals surface area (Å²) in [4.78, 5) is 0. The van der Waals surface area contributed by atoms with E-state index in [-0.39, 0.29) is 0 Å². The van der Waals surface area contributed by atoms with Gasteiger partial charge >= 0.3 is 0 Å². The Morgan fingerprint density at radius 3 is 2.71 bits per heavy atom. The van der Waals surface area contributed by atoms with Gasteiger partial charge in [-0.1, -0.05) is 15.9 Å². The summed E-state index contributed by atoms with van der Waals surface area (Å²) in [6.45, 7) is 2.27. The molecule has 1 unspecified atom stereocenters. The van der Waals surface area contributed by atoms with Crippen LogP contribution in [0.4, 0.5) is 0 Å². The lowest BCUT2D eigenvalue weighted by Gasteiger charge is -2.30. The fraction of sp³-hybridized carbons (Fsp3) is 0.647. The van der Waals surface area contributed by atoms with Gasteiger partial charge in [0.05, 0.1) is 13.2 Å². The maximum atomic E-state index is 6.23. The Hall–Kier alpha value is -0.740. The molecule has 4 heteroatoms. The average molecular weight is 354 g/mol. The molecule has 2 fully saturated rings. The van der Waals surface area contributed by atoms with Crippen LogP contribution in [-0.4, -0.2) is 26.3 Å². The molecule has 0 spiro atoms. The van der Waals surface area contributed by atoms with Crippen LogP contribution in [0.15, 0.2) is 16.6 Å². The van der Waals surface area contributed by atoms with Crippen LogP contribution in [0, 0.1) is 5.92 Å². The van der Waals surface area contributed by atoms with Gasteiger partial charge in [0.2, 0.25) is 0 Å². The number of hydrogen-bond donors (Lipinski definition) is 1. The molecule has 116 valence electrons. The van der Waals surface area contributed by atoms with Gasteiger partial charge in [0, 0.05) is 4.47 Å². The van der Waals surface area contributed by atoms with Crippen molar-refractivity contribution in [1.82, 2.24) is 5.32 Å². The van der Waals surface area contributed by atoms with Crippen LogP contribution in [-0.2, 0) is 6.42 Å². The molecule has 1 saturated carbocycles. The monoisotopic (exact) mass is 353 g/mol. The maximum Gasteiger partial charge on any atom is 0.164 e. The summed E-state index contributed by atoms with van der Waals surface area (Å²) in [6, 6.07) is 4.21. The zero-order valence-corrected chi connectivity index (χ0v) is 14.2. The van der Waals surface area contributed by atoms with Gasteiger partial charge in [0.25, 0.3) is 0 Å². The number of halogens is 1.